The van der Waals surface area contributed by atoms with Crippen molar-refractivity contribution < 1.29 is 0 Å². The summed E-state index contributed by atoms with van der Waals surface area (Å²) in [7, 11) is 0. The number of nitrogens with one attached hydrogen (secondary N) is 1. The third kappa shape index (κ3) is 1.95. The van der Waals surface area contributed by atoms with E-state index in [0.29, 0.717) is 5.41 Å². The van der Waals surface area contributed by atoms with Gasteiger partial charge in [-0.05, 0) is 43.9 Å². The molecule has 2 aliphatic heterocycles. The first-order chi connectivity index (χ1) is 8.19. The quantitative estimate of drug-likeness (QED) is 0.797. The van der Waals surface area contributed by atoms with Crippen molar-refractivity contribution in [3.8, 4) is 0 Å². The van der Waals surface area contributed by atoms with Crippen LogP contribution in [-0.4, -0.2) is 26.2 Å². The summed E-state index contributed by atoms with van der Waals surface area (Å²) in [5.74, 6) is 0. The molecule has 0 radical (unpaired) electrons. The van der Waals surface area contributed by atoms with Crippen LogP contribution in [0.3, 0.4) is 0 Å². The largest absolute Gasteiger partial charge is 0.371 e. The highest BCUT2D eigenvalue weighted by molar-refractivity contribution is 5.55. The summed E-state index contributed by atoms with van der Waals surface area (Å²) in [4.78, 5) is 2.60. The van der Waals surface area contributed by atoms with Crippen LogP contribution in [0.4, 0.5) is 5.69 Å². The lowest BCUT2D eigenvalue weighted by Crippen LogP contribution is -2.61. The minimum Gasteiger partial charge on any atom is -0.371 e. The van der Waals surface area contributed by atoms with Gasteiger partial charge in [0, 0.05) is 37.3 Å². The van der Waals surface area contributed by atoms with E-state index >= 15 is 0 Å². The highest BCUT2D eigenvalue weighted by atomic mass is 15.2. The molecule has 2 heteroatoms. The van der Waals surface area contributed by atoms with Gasteiger partial charge < -0.3 is 10.2 Å². The number of rotatable bonds is 1. The van der Waals surface area contributed by atoms with Gasteiger partial charge in [0.1, 0.15) is 0 Å². The molecule has 2 nitrogen and oxygen atoms in total. The van der Waals surface area contributed by atoms with E-state index in [1.807, 2.05) is 0 Å². The molecule has 1 aromatic carbocycles. The van der Waals surface area contributed by atoms with Crippen LogP contribution in [0, 0.1) is 19.3 Å². The van der Waals surface area contributed by atoms with Crippen LogP contribution in [0.2, 0.25) is 0 Å². The molecule has 0 amide bonds. The zero-order chi connectivity index (χ0) is 11.9. The molecule has 0 unspecified atom stereocenters. The standard InChI is InChI=1S/C15H22N2/c1-12-4-5-13(2)14(8-12)17-7-3-6-15(11-17)9-16-10-15/h4-5,8,16H,3,6-7,9-11H2,1-2H3. The Kier molecular flexibility index (Phi) is 2.62. The molecule has 1 N–H and O–H groups in total. The van der Waals surface area contributed by atoms with Crippen molar-refractivity contribution in [2.24, 2.45) is 5.41 Å². The molecule has 17 heavy (non-hydrogen) atoms. The van der Waals surface area contributed by atoms with E-state index in [0.717, 1.165) is 0 Å². The van der Waals surface area contributed by atoms with E-state index in [4.69, 9.17) is 0 Å². The Balaban J connectivity index is 1.85. The van der Waals surface area contributed by atoms with Gasteiger partial charge in [-0.2, -0.15) is 0 Å². The smallest absolute Gasteiger partial charge is 0.0398 e. The van der Waals surface area contributed by atoms with E-state index in [2.05, 4.69) is 42.3 Å². The summed E-state index contributed by atoms with van der Waals surface area (Å²) in [6.45, 7) is 9.32. The summed E-state index contributed by atoms with van der Waals surface area (Å²) < 4.78 is 0. The van der Waals surface area contributed by atoms with Crippen molar-refractivity contribution >= 4 is 5.69 Å². The predicted molar refractivity (Wildman–Crippen MR) is 72.7 cm³/mol. The molecule has 2 saturated heterocycles. The van der Waals surface area contributed by atoms with Gasteiger partial charge in [0.15, 0.2) is 0 Å². The summed E-state index contributed by atoms with van der Waals surface area (Å²) in [5.41, 5.74) is 4.82. The lowest BCUT2D eigenvalue weighted by atomic mass is 9.74. The number of hydrogen-bond donors (Lipinski definition) is 1. The summed E-state index contributed by atoms with van der Waals surface area (Å²) >= 11 is 0. The minimum atomic E-state index is 0.578. The molecular weight excluding hydrogens is 208 g/mol. The molecule has 1 spiro atoms. The molecule has 0 saturated carbocycles. The Labute approximate surface area is 104 Å². The first-order valence-electron chi connectivity index (χ1n) is 6.72. The molecule has 0 bridgehead atoms. The molecule has 92 valence electrons. The van der Waals surface area contributed by atoms with Crippen molar-refractivity contribution in [3.63, 3.8) is 0 Å². The number of aryl methyl sites for hydroxylation is 2. The first kappa shape index (κ1) is 11.1. The van der Waals surface area contributed by atoms with Crippen LogP contribution in [-0.2, 0) is 0 Å². The molecule has 0 aliphatic carbocycles. The number of nitrogens with zero attached hydrogens (tertiary/aromatic N) is 1. The van der Waals surface area contributed by atoms with Crippen molar-refractivity contribution in [1.29, 1.82) is 0 Å². The molecule has 2 heterocycles. The van der Waals surface area contributed by atoms with Crippen LogP contribution in [0.25, 0.3) is 0 Å². The maximum atomic E-state index is 3.44. The Morgan fingerprint density at radius 2 is 2.06 bits per heavy atom. The van der Waals surface area contributed by atoms with Gasteiger partial charge >= 0.3 is 0 Å². The average molecular weight is 230 g/mol. The van der Waals surface area contributed by atoms with Gasteiger partial charge in [-0.25, -0.2) is 0 Å². The van der Waals surface area contributed by atoms with Gasteiger partial charge in [0.05, 0.1) is 0 Å². The Morgan fingerprint density at radius 3 is 2.76 bits per heavy atom. The molecule has 1 aromatic rings. The second-order valence-electron chi connectivity index (χ2n) is 5.92. The summed E-state index contributed by atoms with van der Waals surface area (Å²) in [6.07, 6.45) is 2.75. The molecule has 2 aliphatic rings. The number of piperidine rings is 1. The highest BCUT2D eigenvalue weighted by Crippen LogP contribution is 2.36. The lowest BCUT2D eigenvalue weighted by Gasteiger charge is -2.50. The monoisotopic (exact) mass is 230 g/mol. The number of hydrogen-bond acceptors (Lipinski definition) is 2. The minimum absolute atomic E-state index is 0.578. The van der Waals surface area contributed by atoms with Gasteiger partial charge in [-0.1, -0.05) is 12.1 Å². The van der Waals surface area contributed by atoms with Crippen molar-refractivity contribution in [1.82, 2.24) is 5.32 Å². The van der Waals surface area contributed by atoms with Crippen LogP contribution in [0.15, 0.2) is 18.2 Å². The van der Waals surface area contributed by atoms with Gasteiger partial charge in [-0.15, -0.1) is 0 Å². The summed E-state index contributed by atoms with van der Waals surface area (Å²) in [6, 6.07) is 6.81. The zero-order valence-corrected chi connectivity index (χ0v) is 10.9. The predicted octanol–water partition coefficient (Wildman–Crippen LogP) is 2.49. The van der Waals surface area contributed by atoms with Gasteiger partial charge in [0.2, 0.25) is 0 Å². The first-order valence-corrected chi connectivity index (χ1v) is 6.72. The van der Waals surface area contributed by atoms with E-state index in [1.165, 1.54) is 55.8 Å². The fourth-order valence-corrected chi connectivity index (χ4v) is 3.24. The van der Waals surface area contributed by atoms with Crippen molar-refractivity contribution in [2.75, 3.05) is 31.1 Å². The molecule has 0 aromatic heterocycles. The highest BCUT2D eigenvalue weighted by Gasteiger charge is 2.40. The SMILES string of the molecule is Cc1ccc(C)c(N2CCCC3(CNC3)C2)c1. The van der Waals surface area contributed by atoms with Crippen LogP contribution >= 0.6 is 0 Å². The second-order valence-corrected chi connectivity index (χ2v) is 5.92. The maximum absolute atomic E-state index is 3.44. The molecule has 2 fully saturated rings. The van der Waals surface area contributed by atoms with Crippen molar-refractivity contribution in [2.45, 2.75) is 26.7 Å². The Hall–Kier alpha value is -1.02. The van der Waals surface area contributed by atoms with Crippen LogP contribution in [0.5, 0.6) is 0 Å². The number of anilines is 1. The fourth-order valence-electron chi connectivity index (χ4n) is 3.24. The zero-order valence-electron chi connectivity index (χ0n) is 10.9. The Bertz CT molecular complexity index is 421. The average Bonchev–Trinajstić information content (AvgIpc) is 2.30. The third-order valence-corrected chi connectivity index (χ3v) is 4.37. The van der Waals surface area contributed by atoms with Crippen molar-refractivity contribution in [3.05, 3.63) is 29.3 Å². The lowest BCUT2D eigenvalue weighted by molar-refractivity contribution is 0.138. The van der Waals surface area contributed by atoms with E-state index in [9.17, 15) is 0 Å². The van der Waals surface area contributed by atoms with Gasteiger partial charge in [-0.3, -0.25) is 0 Å². The molecular formula is C15H22N2. The topological polar surface area (TPSA) is 15.3 Å². The fraction of sp³-hybridized carbons (Fsp3) is 0.600. The maximum Gasteiger partial charge on any atom is 0.0398 e. The van der Waals surface area contributed by atoms with E-state index < -0.39 is 0 Å². The van der Waals surface area contributed by atoms with E-state index in [1.54, 1.807) is 0 Å². The normalized spacial score (nSPS) is 22.6. The number of benzene rings is 1. The van der Waals surface area contributed by atoms with Crippen LogP contribution < -0.4 is 10.2 Å². The van der Waals surface area contributed by atoms with E-state index in [-0.39, 0.29) is 0 Å². The molecule has 0 atom stereocenters. The summed E-state index contributed by atoms with van der Waals surface area (Å²) in [5, 5.41) is 3.44. The Morgan fingerprint density at radius 1 is 1.24 bits per heavy atom. The second kappa shape index (κ2) is 4.02. The third-order valence-electron chi connectivity index (χ3n) is 4.37. The van der Waals surface area contributed by atoms with Gasteiger partial charge in [0.25, 0.3) is 0 Å². The van der Waals surface area contributed by atoms with Crippen LogP contribution in [0.1, 0.15) is 24.0 Å². The molecule has 3 rings (SSSR count).